The van der Waals surface area contributed by atoms with E-state index in [1.165, 1.54) is 6.07 Å². The first-order chi connectivity index (χ1) is 17.3. The number of amides is 1. The third-order valence-corrected chi connectivity index (χ3v) is 5.55. The lowest BCUT2D eigenvalue weighted by Crippen LogP contribution is -2.43. The Morgan fingerprint density at radius 2 is 1.61 bits per heavy atom. The molecule has 2 aromatic carbocycles. The van der Waals surface area contributed by atoms with Crippen LogP contribution in [0.15, 0.2) is 48.5 Å². The molecule has 0 radical (unpaired) electrons. The van der Waals surface area contributed by atoms with Crippen LogP contribution in [0.2, 0.25) is 0 Å². The molecule has 0 aromatic heterocycles. The number of esters is 1. The van der Waals surface area contributed by atoms with Crippen molar-refractivity contribution in [2.24, 2.45) is 0 Å². The summed E-state index contributed by atoms with van der Waals surface area (Å²) in [5, 5.41) is 2.97. The highest BCUT2D eigenvalue weighted by Gasteiger charge is 2.18. The number of nitrogens with one attached hydrogen (secondary N) is 1. The molecule has 8 heteroatoms. The van der Waals surface area contributed by atoms with Gasteiger partial charge >= 0.3 is 5.97 Å². The van der Waals surface area contributed by atoms with E-state index < -0.39 is 11.6 Å². The van der Waals surface area contributed by atoms with Crippen LogP contribution < -0.4 is 5.32 Å². The SMILES string of the molecule is CN(C)CC(CC(=O)OCc1ccccc1)NC(=O)CCCCCCCOCc1ccc(F)c(F)c1. The van der Waals surface area contributed by atoms with Crippen molar-refractivity contribution in [3.63, 3.8) is 0 Å². The summed E-state index contributed by atoms with van der Waals surface area (Å²) in [6.07, 6.45) is 5.05. The fourth-order valence-corrected chi connectivity index (χ4v) is 3.74. The lowest BCUT2D eigenvalue weighted by molar-refractivity contribution is -0.145. The van der Waals surface area contributed by atoms with Crippen molar-refractivity contribution < 1.29 is 27.8 Å². The van der Waals surface area contributed by atoms with Crippen LogP contribution in [0.25, 0.3) is 0 Å². The maximum atomic E-state index is 13.2. The summed E-state index contributed by atoms with van der Waals surface area (Å²) >= 11 is 0. The van der Waals surface area contributed by atoms with E-state index in [4.69, 9.17) is 9.47 Å². The minimum absolute atomic E-state index is 0.0624. The predicted molar refractivity (Wildman–Crippen MR) is 135 cm³/mol. The number of hydrogen-bond donors (Lipinski definition) is 1. The van der Waals surface area contributed by atoms with Gasteiger partial charge in [0.1, 0.15) is 6.61 Å². The molecule has 0 bridgehead atoms. The smallest absolute Gasteiger partial charge is 0.308 e. The Labute approximate surface area is 213 Å². The van der Waals surface area contributed by atoms with E-state index >= 15 is 0 Å². The zero-order valence-corrected chi connectivity index (χ0v) is 21.3. The van der Waals surface area contributed by atoms with Gasteiger partial charge in [0.15, 0.2) is 11.6 Å². The van der Waals surface area contributed by atoms with E-state index in [-0.39, 0.29) is 37.6 Å². The van der Waals surface area contributed by atoms with Gasteiger partial charge in [0.25, 0.3) is 0 Å². The number of carbonyl (C=O) groups excluding carboxylic acids is 2. The third kappa shape index (κ3) is 12.7. The van der Waals surface area contributed by atoms with E-state index in [9.17, 15) is 18.4 Å². The van der Waals surface area contributed by atoms with Crippen molar-refractivity contribution in [2.75, 3.05) is 27.2 Å². The molecule has 2 aromatic rings. The van der Waals surface area contributed by atoms with Crippen LogP contribution in [-0.4, -0.2) is 50.1 Å². The minimum Gasteiger partial charge on any atom is -0.461 e. The van der Waals surface area contributed by atoms with Gasteiger partial charge in [0.2, 0.25) is 5.91 Å². The van der Waals surface area contributed by atoms with E-state index in [2.05, 4.69) is 5.32 Å². The van der Waals surface area contributed by atoms with Gasteiger partial charge in [-0.3, -0.25) is 9.59 Å². The summed E-state index contributed by atoms with van der Waals surface area (Å²) in [5.41, 5.74) is 1.53. The van der Waals surface area contributed by atoms with Gasteiger partial charge in [-0.2, -0.15) is 0 Å². The lowest BCUT2D eigenvalue weighted by Gasteiger charge is -2.22. The van der Waals surface area contributed by atoms with Crippen LogP contribution in [0.5, 0.6) is 0 Å². The molecular formula is C28H38F2N2O4. The van der Waals surface area contributed by atoms with E-state index in [0.29, 0.717) is 25.1 Å². The number of rotatable bonds is 17. The summed E-state index contributed by atoms with van der Waals surface area (Å²) in [7, 11) is 3.80. The van der Waals surface area contributed by atoms with Crippen molar-refractivity contribution in [3.05, 3.63) is 71.3 Å². The Morgan fingerprint density at radius 1 is 0.889 bits per heavy atom. The van der Waals surface area contributed by atoms with E-state index in [1.54, 1.807) is 0 Å². The van der Waals surface area contributed by atoms with Crippen LogP contribution in [0, 0.1) is 11.6 Å². The molecule has 1 amide bonds. The number of unbranched alkanes of at least 4 members (excludes halogenated alkanes) is 4. The molecule has 2 rings (SSSR count). The Balaban J connectivity index is 1.55. The van der Waals surface area contributed by atoms with Gasteiger partial charge in [-0.1, -0.05) is 55.7 Å². The van der Waals surface area contributed by atoms with Crippen molar-refractivity contribution >= 4 is 11.9 Å². The molecule has 0 aliphatic carbocycles. The second kappa shape index (κ2) is 16.8. The van der Waals surface area contributed by atoms with Gasteiger partial charge in [0.05, 0.1) is 19.1 Å². The van der Waals surface area contributed by atoms with Gasteiger partial charge < -0.3 is 19.7 Å². The van der Waals surface area contributed by atoms with E-state index in [1.807, 2.05) is 49.3 Å². The molecule has 0 spiro atoms. The zero-order chi connectivity index (χ0) is 26.2. The average molecular weight is 505 g/mol. The number of benzene rings is 2. The van der Waals surface area contributed by atoms with Crippen molar-refractivity contribution in [1.29, 1.82) is 0 Å². The fraction of sp³-hybridized carbons (Fsp3) is 0.500. The van der Waals surface area contributed by atoms with Gasteiger partial charge in [-0.25, -0.2) is 8.78 Å². The monoisotopic (exact) mass is 504 g/mol. The molecule has 0 heterocycles. The Kier molecular flexibility index (Phi) is 13.7. The molecular weight excluding hydrogens is 466 g/mol. The second-order valence-electron chi connectivity index (χ2n) is 9.20. The number of halogens is 2. The highest BCUT2D eigenvalue weighted by Crippen LogP contribution is 2.11. The molecule has 0 aliphatic heterocycles. The quantitative estimate of drug-likeness (QED) is 0.243. The number of hydrogen-bond acceptors (Lipinski definition) is 5. The summed E-state index contributed by atoms with van der Waals surface area (Å²) in [6, 6.07) is 13.0. The number of carbonyl (C=O) groups is 2. The number of nitrogens with zero attached hydrogens (tertiary/aromatic N) is 1. The predicted octanol–water partition coefficient (Wildman–Crippen LogP) is 5.00. The van der Waals surface area contributed by atoms with Gasteiger partial charge in [-0.15, -0.1) is 0 Å². The van der Waals surface area contributed by atoms with Crippen molar-refractivity contribution in [1.82, 2.24) is 10.2 Å². The van der Waals surface area contributed by atoms with Crippen molar-refractivity contribution in [3.8, 4) is 0 Å². The summed E-state index contributed by atoms with van der Waals surface area (Å²) < 4.78 is 37.0. The summed E-state index contributed by atoms with van der Waals surface area (Å²) in [6.45, 7) is 1.58. The Bertz CT molecular complexity index is 925. The van der Waals surface area contributed by atoms with Crippen LogP contribution in [0.3, 0.4) is 0 Å². The largest absolute Gasteiger partial charge is 0.461 e. The first-order valence-electron chi connectivity index (χ1n) is 12.5. The molecule has 0 saturated carbocycles. The molecule has 0 saturated heterocycles. The molecule has 1 N–H and O–H groups in total. The van der Waals surface area contributed by atoms with Crippen LogP contribution in [0.4, 0.5) is 8.78 Å². The zero-order valence-electron chi connectivity index (χ0n) is 21.3. The molecule has 0 aliphatic rings. The molecule has 36 heavy (non-hydrogen) atoms. The molecule has 1 atom stereocenters. The van der Waals surface area contributed by atoms with Crippen molar-refractivity contribution in [2.45, 2.75) is 64.2 Å². The van der Waals surface area contributed by atoms with Gasteiger partial charge in [-0.05, 0) is 50.2 Å². The third-order valence-electron chi connectivity index (χ3n) is 5.55. The van der Waals surface area contributed by atoms with Crippen LogP contribution >= 0.6 is 0 Å². The second-order valence-corrected chi connectivity index (χ2v) is 9.20. The Hall–Kier alpha value is -2.84. The number of likely N-dealkylation sites (N-methyl/N-ethyl adjacent to an activating group) is 1. The molecule has 1 unspecified atom stereocenters. The lowest BCUT2D eigenvalue weighted by atomic mass is 10.1. The summed E-state index contributed by atoms with van der Waals surface area (Å²) in [5.74, 6) is -2.12. The minimum atomic E-state index is -0.865. The Morgan fingerprint density at radius 3 is 2.33 bits per heavy atom. The first kappa shape index (κ1) is 29.4. The van der Waals surface area contributed by atoms with Crippen LogP contribution in [-0.2, 0) is 32.3 Å². The first-order valence-corrected chi connectivity index (χ1v) is 12.5. The molecule has 0 fully saturated rings. The number of ether oxygens (including phenoxy) is 2. The average Bonchev–Trinajstić information content (AvgIpc) is 2.84. The standard InChI is InChI=1S/C28H38F2N2O4/c1-32(2)19-24(18-28(34)36-21-22-11-7-6-8-12-22)31-27(33)13-9-4-3-5-10-16-35-20-23-14-15-25(29)26(30)17-23/h6-8,11-12,14-15,17,24H,3-5,9-10,13,16,18-21H2,1-2H3,(H,31,33). The maximum absolute atomic E-state index is 13.2. The molecule has 6 nitrogen and oxygen atoms in total. The topological polar surface area (TPSA) is 67.9 Å². The van der Waals surface area contributed by atoms with E-state index in [0.717, 1.165) is 49.8 Å². The maximum Gasteiger partial charge on any atom is 0.308 e. The highest BCUT2D eigenvalue weighted by molar-refractivity contribution is 5.77. The normalized spacial score (nSPS) is 11.9. The van der Waals surface area contributed by atoms with Gasteiger partial charge in [0, 0.05) is 19.6 Å². The van der Waals surface area contributed by atoms with Crippen LogP contribution in [0.1, 0.15) is 56.1 Å². The summed E-state index contributed by atoms with van der Waals surface area (Å²) in [4.78, 5) is 26.6. The fourth-order valence-electron chi connectivity index (χ4n) is 3.74. The highest BCUT2D eigenvalue weighted by atomic mass is 19.2. The molecule has 198 valence electrons.